The maximum Gasteiger partial charge on any atom is 0.190 e. The van der Waals surface area contributed by atoms with Crippen molar-refractivity contribution < 1.29 is 4.74 Å². The molecule has 1 aromatic rings. The number of nitrogens with zero attached hydrogens (tertiary/aromatic N) is 1. The highest BCUT2D eigenvalue weighted by atomic mass is 16.5. The minimum absolute atomic E-state index is 0.803. The molecule has 0 unspecified atom stereocenters. The third-order valence-electron chi connectivity index (χ3n) is 3.15. The van der Waals surface area contributed by atoms with Crippen molar-refractivity contribution in [1.29, 1.82) is 0 Å². The van der Waals surface area contributed by atoms with Crippen molar-refractivity contribution in [2.24, 2.45) is 4.99 Å². The van der Waals surface area contributed by atoms with Gasteiger partial charge in [0.25, 0.3) is 0 Å². The van der Waals surface area contributed by atoms with Crippen molar-refractivity contribution in [2.45, 2.75) is 32.6 Å². The highest BCUT2D eigenvalue weighted by Crippen LogP contribution is 2.00. The number of nitrogens with one attached hydrogen (secondary N) is 2. The summed E-state index contributed by atoms with van der Waals surface area (Å²) < 4.78 is 5.66. The van der Waals surface area contributed by atoms with Gasteiger partial charge >= 0.3 is 0 Å². The van der Waals surface area contributed by atoms with E-state index in [0.29, 0.717) is 0 Å². The van der Waals surface area contributed by atoms with Crippen molar-refractivity contribution in [3.05, 3.63) is 35.9 Å². The quantitative estimate of drug-likeness (QED) is 0.396. The molecule has 0 aliphatic carbocycles. The summed E-state index contributed by atoms with van der Waals surface area (Å²) in [6.45, 7) is 5.67. The van der Waals surface area contributed by atoms with Gasteiger partial charge in [-0.25, -0.2) is 0 Å². The van der Waals surface area contributed by atoms with Crippen LogP contribution in [0.4, 0.5) is 0 Å². The van der Waals surface area contributed by atoms with Crippen molar-refractivity contribution in [3.63, 3.8) is 0 Å². The standard InChI is InChI=1S/C17H29N3O/c1-3-12-19-17(18-2)20-13-7-8-14-21-15-11-16-9-5-4-6-10-16/h4-6,9-10H,3,7-8,11-15H2,1-2H3,(H2,18,19,20). The number of aliphatic imine (C=N–C) groups is 1. The molecular formula is C17H29N3O. The minimum atomic E-state index is 0.803. The van der Waals surface area contributed by atoms with Crippen molar-refractivity contribution in [1.82, 2.24) is 10.6 Å². The van der Waals surface area contributed by atoms with E-state index in [0.717, 1.165) is 57.9 Å². The molecule has 4 heteroatoms. The highest BCUT2D eigenvalue weighted by molar-refractivity contribution is 5.79. The monoisotopic (exact) mass is 291 g/mol. The summed E-state index contributed by atoms with van der Waals surface area (Å²) in [6.07, 6.45) is 4.27. The third-order valence-corrected chi connectivity index (χ3v) is 3.15. The first-order valence-corrected chi connectivity index (χ1v) is 7.93. The van der Waals surface area contributed by atoms with E-state index in [-0.39, 0.29) is 0 Å². The number of benzene rings is 1. The van der Waals surface area contributed by atoms with Crippen LogP contribution in [0.15, 0.2) is 35.3 Å². The van der Waals surface area contributed by atoms with Gasteiger partial charge < -0.3 is 15.4 Å². The van der Waals surface area contributed by atoms with E-state index in [9.17, 15) is 0 Å². The Balaban J connectivity index is 1.92. The molecule has 21 heavy (non-hydrogen) atoms. The lowest BCUT2D eigenvalue weighted by Gasteiger charge is -2.11. The fraction of sp³-hybridized carbons (Fsp3) is 0.588. The Morgan fingerprint density at radius 2 is 1.81 bits per heavy atom. The Hall–Kier alpha value is -1.55. The fourth-order valence-electron chi connectivity index (χ4n) is 1.94. The average Bonchev–Trinajstić information content (AvgIpc) is 2.53. The van der Waals surface area contributed by atoms with Crippen LogP contribution in [-0.4, -0.2) is 39.3 Å². The fourth-order valence-corrected chi connectivity index (χ4v) is 1.94. The number of guanidine groups is 1. The van der Waals surface area contributed by atoms with Gasteiger partial charge in [0.15, 0.2) is 5.96 Å². The van der Waals surface area contributed by atoms with Gasteiger partial charge in [-0.05, 0) is 31.2 Å². The lowest BCUT2D eigenvalue weighted by molar-refractivity contribution is 0.133. The minimum Gasteiger partial charge on any atom is -0.381 e. The second kappa shape index (κ2) is 12.2. The second-order valence-corrected chi connectivity index (χ2v) is 4.98. The van der Waals surface area contributed by atoms with E-state index in [1.165, 1.54) is 5.56 Å². The molecule has 0 aromatic heterocycles. The summed E-state index contributed by atoms with van der Waals surface area (Å²) >= 11 is 0. The Morgan fingerprint density at radius 1 is 1.05 bits per heavy atom. The number of unbranched alkanes of at least 4 members (excludes halogenated alkanes) is 1. The van der Waals surface area contributed by atoms with E-state index in [2.05, 4.69) is 46.8 Å². The molecule has 0 aliphatic heterocycles. The second-order valence-electron chi connectivity index (χ2n) is 4.98. The van der Waals surface area contributed by atoms with Crippen molar-refractivity contribution >= 4 is 5.96 Å². The first kappa shape index (κ1) is 17.5. The molecule has 0 spiro atoms. The van der Waals surface area contributed by atoms with Crippen LogP contribution < -0.4 is 10.6 Å². The first-order chi connectivity index (χ1) is 10.4. The van der Waals surface area contributed by atoms with Gasteiger partial charge in [0.1, 0.15) is 0 Å². The molecule has 1 rings (SSSR count). The van der Waals surface area contributed by atoms with E-state index < -0.39 is 0 Å². The Labute approximate surface area is 129 Å². The van der Waals surface area contributed by atoms with Crippen molar-refractivity contribution in [3.8, 4) is 0 Å². The number of hydrogen-bond donors (Lipinski definition) is 2. The van der Waals surface area contributed by atoms with Crippen LogP contribution in [-0.2, 0) is 11.2 Å². The lowest BCUT2D eigenvalue weighted by Crippen LogP contribution is -2.38. The topological polar surface area (TPSA) is 45.7 Å². The van der Waals surface area contributed by atoms with Gasteiger partial charge in [-0.2, -0.15) is 0 Å². The van der Waals surface area contributed by atoms with E-state index in [4.69, 9.17) is 4.74 Å². The predicted molar refractivity (Wildman–Crippen MR) is 89.9 cm³/mol. The van der Waals surface area contributed by atoms with Gasteiger partial charge in [-0.3, -0.25) is 4.99 Å². The smallest absolute Gasteiger partial charge is 0.190 e. The number of hydrogen-bond acceptors (Lipinski definition) is 2. The van der Waals surface area contributed by atoms with Crippen molar-refractivity contribution in [2.75, 3.05) is 33.4 Å². The molecule has 0 heterocycles. The summed E-state index contributed by atoms with van der Waals surface area (Å²) in [5.74, 6) is 0.891. The molecule has 0 amide bonds. The van der Waals surface area contributed by atoms with Gasteiger partial charge in [0, 0.05) is 26.7 Å². The Kier molecular flexibility index (Phi) is 10.2. The molecule has 0 bridgehead atoms. The number of rotatable bonds is 10. The molecule has 0 saturated carbocycles. The zero-order valence-electron chi connectivity index (χ0n) is 13.4. The van der Waals surface area contributed by atoms with Crippen LogP contribution >= 0.6 is 0 Å². The molecule has 0 atom stereocenters. The molecule has 0 saturated heterocycles. The highest BCUT2D eigenvalue weighted by Gasteiger charge is 1.96. The molecule has 2 N–H and O–H groups in total. The summed E-state index contributed by atoms with van der Waals surface area (Å²) in [6, 6.07) is 10.5. The van der Waals surface area contributed by atoms with Crippen LogP contribution in [0.25, 0.3) is 0 Å². The zero-order chi connectivity index (χ0) is 15.2. The molecule has 118 valence electrons. The first-order valence-electron chi connectivity index (χ1n) is 7.93. The zero-order valence-corrected chi connectivity index (χ0v) is 13.4. The maximum absolute atomic E-state index is 5.66. The van der Waals surface area contributed by atoms with E-state index in [1.54, 1.807) is 7.05 Å². The van der Waals surface area contributed by atoms with E-state index >= 15 is 0 Å². The van der Waals surface area contributed by atoms with Gasteiger partial charge in [0.05, 0.1) is 6.61 Å². The third kappa shape index (κ3) is 9.08. The summed E-state index contributed by atoms with van der Waals surface area (Å²) in [7, 11) is 1.80. The molecular weight excluding hydrogens is 262 g/mol. The van der Waals surface area contributed by atoms with Crippen LogP contribution in [0, 0.1) is 0 Å². The molecule has 0 fully saturated rings. The Morgan fingerprint density at radius 3 is 2.52 bits per heavy atom. The average molecular weight is 291 g/mol. The van der Waals surface area contributed by atoms with Gasteiger partial charge in [0.2, 0.25) is 0 Å². The van der Waals surface area contributed by atoms with Crippen LogP contribution in [0.1, 0.15) is 31.7 Å². The molecule has 0 aliphatic rings. The lowest BCUT2D eigenvalue weighted by atomic mass is 10.2. The van der Waals surface area contributed by atoms with E-state index in [1.807, 2.05) is 6.07 Å². The summed E-state index contributed by atoms with van der Waals surface area (Å²) in [5.41, 5.74) is 1.34. The largest absolute Gasteiger partial charge is 0.381 e. The SMILES string of the molecule is CCCNC(=NC)NCCCCOCCc1ccccc1. The van der Waals surface area contributed by atoms with Gasteiger partial charge in [-0.1, -0.05) is 37.3 Å². The van der Waals surface area contributed by atoms with Crippen LogP contribution in [0.3, 0.4) is 0 Å². The maximum atomic E-state index is 5.66. The number of ether oxygens (including phenoxy) is 1. The molecule has 1 aromatic carbocycles. The molecule has 0 radical (unpaired) electrons. The van der Waals surface area contributed by atoms with Crippen LogP contribution in [0.2, 0.25) is 0 Å². The van der Waals surface area contributed by atoms with Crippen LogP contribution in [0.5, 0.6) is 0 Å². The predicted octanol–water partition coefficient (Wildman–Crippen LogP) is 2.60. The summed E-state index contributed by atoms with van der Waals surface area (Å²) in [4.78, 5) is 4.17. The molecule has 4 nitrogen and oxygen atoms in total. The summed E-state index contributed by atoms with van der Waals surface area (Å²) in [5, 5.41) is 6.56. The Bertz CT molecular complexity index is 379. The van der Waals surface area contributed by atoms with Gasteiger partial charge in [-0.15, -0.1) is 0 Å². The normalized spacial score (nSPS) is 11.4.